The number of carbonyl (C=O) groups is 2. The number of anilines is 1. The van der Waals surface area contributed by atoms with Crippen LogP contribution in [0.4, 0.5) is 14.5 Å². The number of nitrogens with zero attached hydrogens (tertiary/aromatic N) is 1. The van der Waals surface area contributed by atoms with Gasteiger partial charge in [0.05, 0.1) is 22.7 Å². The molecule has 0 aromatic heterocycles. The summed E-state index contributed by atoms with van der Waals surface area (Å²) >= 11 is 30.9. The summed E-state index contributed by atoms with van der Waals surface area (Å²) in [5.74, 6) is -5.11. The molecule has 1 saturated carbocycles. The average molecular weight is 582 g/mol. The Hall–Kier alpha value is -2.16. The van der Waals surface area contributed by atoms with Gasteiger partial charge in [-0.1, -0.05) is 41.4 Å². The Balaban J connectivity index is 1.79. The Kier molecular flexibility index (Phi) is 8.50. The fourth-order valence-corrected chi connectivity index (χ4v) is 4.91. The normalized spacial score (nSPS) is 19.2. The summed E-state index contributed by atoms with van der Waals surface area (Å²) in [5.41, 5.74) is 0.697. The van der Waals surface area contributed by atoms with Crippen LogP contribution in [0.15, 0.2) is 65.4 Å². The third kappa shape index (κ3) is 6.54. The average Bonchev–Trinajstić information content (AvgIpc) is 3.33. The van der Waals surface area contributed by atoms with E-state index < -0.39 is 45.5 Å². The first-order chi connectivity index (χ1) is 16.3. The lowest BCUT2D eigenvalue weighted by Gasteiger charge is -2.11. The topological polar surface area (TPSA) is 70.6 Å². The minimum Gasteiger partial charge on any atom is -0.326 e. The van der Waals surface area contributed by atoms with Crippen molar-refractivity contribution in [2.24, 2.45) is 10.9 Å². The molecule has 5 nitrogen and oxygen atoms in total. The van der Waals surface area contributed by atoms with E-state index in [0.29, 0.717) is 21.8 Å². The van der Waals surface area contributed by atoms with E-state index in [-0.39, 0.29) is 16.3 Å². The molecule has 12 heteroatoms. The lowest BCUT2D eigenvalue weighted by atomic mass is 10.1. The van der Waals surface area contributed by atoms with Crippen LogP contribution in [0.25, 0.3) is 0 Å². The minimum absolute atomic E-state index is 0.0112. The van der Waals surface area contributed by atoms with Crippen LogP contribution in [0.1, 0.15) is 28.8 Å². The number of halogens is 7. The Bertz CT molecular complexity index is 1260. The van der Waals surface area contributed by atoms with Crippen molar-refractivity contribution in [1.82, 2.24) is 5.32 Å². The number of allylic oxidation sites excluding steroid dienone is 2. The Morgan fingerprint density at radius 1 is 1.09 bits per heavy atom. The van der Waals surface area contributed by atoms with Crippen LogP contribution >= 0.6 is 58.0 Å². The first kappa shape index (κ1) is 27.4. The van der Waals surface area contributed by atoms with Gasteiger partial charge in [-0.05, 0) is 48.9 Å². The van der Waals surface area contributed by atoms with E-state index in [2.05, 4.69) is 22.2 Å². The Labute approximate surface area is 224 Å². The van der Waals surface area contributed by atoms with Gasteiger partial charge in [-0.2, -0.15) is 0 Å². The van der Waals surface area contributed by atoms with E-state index >= 15 is 0 Å². The van der Waals surface area contributed by atoms with Gasteiger partial charge in [0.1, 0.15) is 16.0 Å². The molecule has 0 aliphatic heterocycles. The summed E-state index contributed by atoms with van der Waals surface area (Å²) < 4.78 is 25.1. The molecule has 2 atom stereocenters. The third-order valence-electron chi connectivity index (χ3n) is 4.95. The summed E-state index contributed by atoms with van der Waals surface area (Å²) in [4.78, 5) is 29.1. The van der Waals surface area contributed by atoms with E-state index in [0.717, 1.165) is 6.92 Å². The number of rotatable bonds is 7. The molecule has 0 saturated heterocycles. The van der Waals surface area contributed by atoms with Gasteiger partial charge in [0.15, 0.2) is 5.82 Å². The smallest absolute Gasteiger partial charge is 0.258 e. The molecule has 2 unspecified atom stereocenters. The molecule has 0 radical (unpaired) electrons. The number of hydrogen-bond acceptors (Lipinski definition) is 3. The zero-order valence-electron chi connectivity index (χ0n) is 17.8. The number of benzene rings is 2. The van der Waals surface area contributed by atoms with E-state index in [4.69, 9.17) is 58.0 Å². The lowest BCUT2D eigenvalue weighted by molar-refractivity contribution is -0.117. The van der Waals surface area contributed by atoms with Crippen molar-refractivity contribution >= 4 is 81.7 Å². The third-order valence-corrected chi connectivity index (χ3v) is 6.66. The van der Waals surface area contributed by atoms with Crippen LogP contribution in [-0.2, 0) is 4.79 Å². The summed E-state index contributed by atoms with van der Waals surface area (Å²) in [6.45, 7) is 4.00. The first-order valence-electron chi connectivity index (χ1n) is 9.81. The predicted octanol–water partition coefficient (Wildman–Crippen LogP) is 7.62. The molecule has 0 spiro atoms. The van der Waals surface area contributed by atoms with E-state index in [1.165, 1.54) is 18.2 Å². The fourth-order valence-electron chi connectivity index (χ4n) is 3.34. The second-order valence-corrected chi connectivity index (χ2v) is 10.3. The Morgan fingerprint density at radius 3 is 2.29 bits per heavy atom. The molecule has 1 aliphatic rings. The SMILES string of the molecule is C=C(F)/C=N\C(NC(=O)c1cc(NC(=O)C2C(c3cc(Cl)cc(Cl)c3)C2(Cl)Cl)ccc1Cl)=C(/C)F. The zero-order valence-corrected chi connectivity index (χ0v) is 21.6. The zero-order chi connectivity index (χ0) is 26.1. The largest absolute Gasteiger partial charge is 0.326 e. The highest BCUT2D eigenvalue weighted by Gasteiger charge is 2.67. The molecule has 2 amide bonds. The molecule has 0 bridgehead atoms. The molecule has 184 valence electrons. The Morgan fingerprint density at radius 2 is 1.71 bits per heavy atom. The van der Waals surface area contributed by atoms with Crippen molar-refractivity contribution in [3.63, 3.8) is 0 Å². The monoisotopic (exact) mass is 579 g/mol. The molecule has 1 aliphatic carbocycles. The summed E-state index contributed by atoms with van der Waals surface area (Å²) in [6, 6.07) is 8.87. The quantitative estimate of drug-likeness (QED) is 0.261. The van der Waals surface area contributed by atoms with Crippen molar-refractivity contribution in [3.05, 3.63) is 86.6 Å². The van der Waals surface area contributed by atoms with Gasteiger partial charge in [0.2, 0.25) is 5.91 Å². The van der Waals surface area contributed by atoms with Crippen LogP contribution < -0.4 is 10.6 Å². The van der Waals surface area contributed by atoms with E-state index in [1.54, 1.807) is 18.2 Å². The lowest BCUT2D eigenvalue weighted by Crippen LogP contribution is -2.23. The predicted molar refractivity (Wildman–Crippen MR) is 137 cm³/mol. The van der Waals surface area contributed by atoms with Gasteiger partial charge < -0.3 is 10.6 Å². The van der Waals surface area contributed by atoms with Crippen molar-refractivity contribution in [2.45, 2.75) is 17.2 Å². The molecule has 2 N–H and O–H groups in total. The number of carbonyl (C=O) groups excluding carboxylic acids is 2. The second kappa shape index (κ2) is 10.8. The van der Waals surface area contributed by atoms with Gasteiger partial charge in [-0.25, -0.2) is 13.8 Å². The van der Waals surface area contributed by atoms with Gasteiger partial charge in [-0.3, -0.25) is 9.59 Å². The molecule has 2 aromatic rings. The number of amides is 2. The number of nitrogens with one attached hydrogen (secondary N) is 2. The van der Waals surface area contributed by atoms with Gasteiger partial charge in [0.25, 0.3) is 5.91 Å². The van der Waals surface area contributed by atoms with E-state index in [1.807, 2.05) is 0 Å². The van der Waals surface area contributed by atoms with Crippen molar-refractivity contribution in [2.75, 3.05) is 5.32 Å². The number of aliphatic imine (C=N–C) groups is 1. The van der Waals surface area contributed by atoms with Crippen molar-refractivity contribution in [3.8, 4) is 0 Å². The molecule has 0 heterocycles. The van der Waals surface area contributed by atoms with Gasteiger partial charge in [-0.15, -0.1) is 23.2 Å². The molecule has 1 fully saturated rings. The highest BCUT2D eigenvalue weighted by atomic mass is 35.5. The van der Waals surface area contributed by atoms with Gasteiger partial charge >= 0.3 is 0 Å². The highest BCUT2D eigenvalue weighted by molar-refractivity contribution is 6.53. The molecule has 2 aromatic carbocycles. The fraction of sp³-hybridized carbons (Fsp3) is 0.174. The van der Waals surface area contributed by atoms with Crippen molar-refractivity contribution < 1.29 is 18.4 Å². The molecule has 35 heavy (non-hydrogen) atoms. The van der Waals surface area contributed by atoms with Crippen LogP contribution in [-0.4, -0.2) is 22.4 Å². The summed E-state index contributed by atoms with van der Waals surface area (Å²) in [6.07, 6.45) is 0.640. The highest BCUT2D eigenvalue weighted by Crippen LogP contribution is 2.65. The van der Waals surface area contributed by atoms with Gasteiger partial charge in [0, 0.05) is 21.7 Å². The van der Waals surface area contributed by atoms with Crippen LogP contribution in [0.3, 0.4) is 0 Å². The summed E-state index contributed by atoms with van der Waals surface area (Å²) in [7, 11) is 0. The number of alkyl halides is 2. The minimum atomic E-state index is -1.40. The maximum absolute atomic E-state index is 13.7. The first-order valence-corrected chi connectivity index (χ1v) is 11.7. The number of hydrogen-bond donors (Lipinski definition) is 2. The summed E-state index contributed by atoms with van der Waals surface area (Å²) in [5, 5.41) is 5.58. The second-order valence-electron chi connectivity index (χ2n) is 7.56. The maximum Gasteiger partial charge on any atom is 0.258 e. The molecule has 3 rings (SSSR count). The standard InChI is InChI=1S/C23H16Cl5F2N3O2/c1-10(29)9-31-20(11(2)30)33-21(34)16-8-15(3-4-17(16)26)32-22(35)19-18(23(19,27)28)12-5-13(24)7-14(25)6-12/h3-9,18-19H,1H2,2H3,(H,32,35)(H,33,34)/b20-11-,31-9-. The maximum atomic E-state index is 13.7. The van der Waals surface area contributed by atoms with Crippen LogP contribution in [0.2, 0.25) is 15.1 Å². The van der Waals surface area contributed by atoms with Crippen LogP contribution in [0, 0.1) is 5.92 Å². The molecular formula is C23H16Cl5F2N3O2. The molecular weight excluding hydrogens is 566 g/mol. The van der Waals surface area contributed by atoms with E-state index in [9.17, 15) is 18.4 Å². The van der Waals surface area contributed by atoms with Crippen molar-refractivity contribution in [1.29, 1.82) is 0 Å². The van der Waals surface area contributed by atoms with Crippen LogP contribution in [0.5, 0.6) is 0 Å².